The molecular weight excluding hydrogens is 442 g/mol. The average molecular weight is 468 g/mol. The molecule has 1 fully saturated rings. The van der Waals surface area contributed by atoms with E-state index < -0.39 is 17.7 Å². The summed E-state index contributed by atoms with van der Waals surface area (Å²) < 4.78 is 5.63. The van der Waals surface area contributed by atoms with Crippen LogP contribution in [0.15, 0.2) is 84.7 Å². The van der Waals surface area contributed by atoms with E-state index in [1.165, 1.54) is 4.90 Å². The Kier molecular flexibility index (Phi) is 6.06. The first-order valence-corrected chi connectivity index (χ1v) is 11.6. The monoisotopic (exact) mass is 467 g/mol. The van der Waals surface area contributed by atoms with Gasteiger partial charge < -0.3 is 19.7 Å². The van der Waals surface area contributed by atoms with Crippen molar-refractivity contribution < 1.29 is 19.4 Å². The zero-order valence-corrected chi connectivity index (χ0v) is 19.3. The molecule has 7 heteroatoms. The van der Waals surface area contributed by atoms with Gasteiger partial charge in [0, 0.05) is 34.4 Å². The zero-order valence-electron chi connectivity index (χ0n) is 19.3. The molecule has 176 valence electrons. The Hall–Kier alpha value is -4.39. The topological polar surface area (TPSA) is 95.5 Å². The molecule has 2 N–H and O–H groups in total. The number of carbonyl (C=O) groups excluding carboxylic acids is 2. The number of H-pyrrole nitrogens is 1. The van der Waals surface area contributed by atoms with E-state index >= 15 is 0 Å². The maximum Gasteiger partial charge on any atom is 0.296 e. The Labute approximate surface area is 202 Å². The van der Waals surface area contributed by atoms with Crippen LogP contribution in [-0.2, 0) is 16.1 Å². The number of aromatic nitrogens is 2. The van der Waals surface area contributed by atoms with Crippen LogP contribution in [0, 0.1) is 0 Å². The minimum absolute atomic E-state index is 0.0536. The van der Waals surface area contributed by atoms with Gasteiger partial charge in [-0.25, -0.2) is 0 Å². The molecule has 5 rings (SSSR count). The van der Waals surface area contributed by atoms with Gasteiger partial charge in [0.15, 0.2) is 0 Å². The molecule has 1 amide bonds. The summed E-state index contributed by atoms with van der Waals surface area (Å²) in [5.74, 6) is -0.938. The highest BCUT2D eigenvalue weighted by Gasteiger charge is 2.47. The second-order valence-electron chi connectivity index (χ2n) is 8.41. The van der Waals surface area contributed by atoms with Gasteiger partial charge in [0.2, 0.25) is 0 Å². The summed E-state index contributed by atoms with van der Waals surface area (Å²) in [6.45, 7) is 2.75. The molecule has 0 bridgehead atoms. The fourth-order valence-corrected chi connectivity index (χ4v) is 4.44. The first-order valence-electron chi connectivity index (χ1n) is 11.6. The number of benzene rings is 2. The largest absolute Gasteiger partial charge is 0.507 e. The van der Waals surface area contributed by atoms with Crippen molar-refractivity contribution in [3.63, 3.8) is 0 Å². The van der Waals surface area contributed by atoms with Gasteiger partial charge in [-0.05, 0) is 48.9 Å². The fourth-order valence-electron chi connectivity index (χ4n) is 4.44. The van der Waals surface area contributed by atoms with Crippen molar-refractivity contribution in [3.8, 4) is 5.75 Å². The number of likely N-dealkylation sites (tertiary alicyclic amines) is 1. The number of ketones is 1. The molecule has 1 aliphatic rings. The Morgan fingerprint density at radius 1 is 1.06 bits per heavy atom. The van der Waals surface area contributed by atoms with Crippen LogP contribution in [0.2, 0.25) is 0 Å². The standard InChI is InChI=1S/C28H25N3O4/c1-2-15-35-20-12-10-18(11-13-20)26(32)24-25(22-16-30-23-9-4-3-8-21(22)23)31(28(34)27(24)33)17-19-7-5-6-14-29-19/h3-14,16,25,30,32H,2,15,17H2,1H3/b26-24+. The van der Waals surface area contributed by atoms with Gasteiger partial charge in [-0.2, -0.15) is 0 Å². The number of hydrogen-bond acceptors (Lipinski definition) is 5. The number of hydrogen-bond donors (Lipinski definition) is 2. The molecule has 1 atom stereocenters. The van der Waals surface area contributed by atoms with Gasteiger partial charge >= 0.3 is 0 Å². The Balaban J connectivity index is 1.63. The van der Waals surface area contributed by atoms with Crippen LogP contribution in [-0.4, -0.2) is 38.3 Å². The molecule has 2 aromatic carbocycles. The number of aliphatic hydroxyl groups is 1. The smallest absolute Gasteiger partial charge is 0.296 e. The summed E-state index contributed by atoms with van der Waals surface area (Å²) in [4.78, 5) is 35.6. The molecule has 3 heterocycles. The summed E-state index contributed by atoms with van der Waals surface area (Å²) in [5, 5.41) is 12.2. The Morgan fingerprint density at radius 3 is 2.57 bits per heavy atom. The highest BCUT2D eigenvalue weighted by Crippen LogP contribution is 2.42. The number of aliphatic hydroxyl groups excluding tert-OH is 1. The van der Waals surface area contributed by atoms with E-state index in [0.29, 0.717) is 23.6 Å². The highest BCUT2D eigenvalue weighted by atomic mass is 16.5. The van der Waals surface area contributed by atoms with Crippen molar-refractivity contribution >= 4 is 28.4 Å². The van der Waals surface area contributed by atoms with Crippen LogP contribution in [0.4, 0.5) is 0 Å². The van der Waals surface area contributed by atoms with Gasteiger partial charge in [-0.3, -0.25) is 14.6 Å². The van der Waals surface area contributed by atoms with E-state index in [2.05, 4.69) is 9.97 Å². The Morgan fingerprint density at radius 2 is 1.83 bits per heavy atom. The number of nitrogens with zero attached hydrogens (tertiary/aromatic N) is 2. The second-order valence-corrected chi connectivity index (χ2v) is 8.41. The quantitative estimate of drug-likeness (QED) is 0.227. The lowest BCUT2D eigenvalue weighted by Gasteiger charge is -2.24. The molecule has 2 aromatic heterocycles. The molecule has 1 aliphatic heterocycles. The Bertz CT molecular complexity index is 1410. The van der Waals surface area contributed by atoms with E-state index in [9.17, 15) is 14.7 Å². The summed E-state index contributed by atoms with van der Waals surface area (Å²) >= 11 is 0. The predicted molar refractivity (Wildman–Crippen MR) is 133 cm³/mol. The minimum atomic E-state index is -0.774. The van der Waals surface area contributed by atoms with Crippen LogP contribution >= 0.6 is 0 Å². The molecule has 35 heavy (non-hydrogen) atoms. The third-order valence-corrected chi connectivity index (χ3v) is 6.11. The molecule has 4 aromatic rings. The van der Waals surface area contributed by atoms with E-state index in [0.717, 1.165) is 22.9 Å². The van der Waals surface area contributed by atoms with Crippen LogP contribution in [0.3, 0.4) is 0 Å². The fraction of sp³-hybridized carbons (Fsp3) is 0.179. The van der Waals surface area contributed by atoms with Gasteiger partial charge in [0.25, 0.3) is 11.7 Å². The van der Waals surface area contributed by atoms with E-state index in [4.69, 9.17) is 4.74 Å². The van der Waals surface area contributed by atoms with Gasteiger partial charge in [0.05, 0.1) is 30.5 Å². The number of rotatable bonds is 7. The number of carbonyl (C=O) groups is 2. The molecular formula is C28H25N3O4. The molecule has 0 radical (unpaired) electrons. The van der Waals surface area contributed by atoms with Gasteiger partial charge in [-0.1, -0.05) is 31.2 Å². The first kappa shape index (κ1) is 22.4. The van der Waals surface area contributed by atoms with Gasteiger partial charge in [0.1, 0.15) is 11.5 Å². The van der Waals surface area contributed by atoms with Crippen LogP contribution in [0.25, 0.3) is 16.7 Å². The van der Waals surface area contributed by atoms with Crippen molar-refractivity contribution in [2.75, 3.05) is 6.61 Å². The molecule has 0 saturated carbocycles. The average Bonchev–Trinajstić information content (AvgIpc) is 3.42. The van der Waals surface area contributed by atoms with Crippen molar-refractivity contribution in [2.24, 2.45) is 0 Å². The number of ether oxygens (including phenoxy) is 1. The summed E-state index contributed by atoms with van der Waals surface area (Å²) in [5.41, 5.74) is 2.76. The van der Waals surface area contributed by atoms with E-state index in [1.54, 1.807) is 48.8 Å². The minimum Gasteiger partial charge on any atom is -0.507 e. The third-order valence-electron chi connectivity index (χ3n) is 6.11. The van der Waals surface area contributed by atoms with Crippen LogP contribution in [0.5, 0.6) is 5.75 Å². The van der Waals surface area contributed by atoms with Crippen LogP contribution < -0.4 is 4.74 Å². The maximum absolute atomic E-state index is 13.3. The molecule has 1 saturated heterocycles. The number of Topliss-reactive ketones (excluding diaryl/α,β-unsaturated/α-hetero) is 1. The summed E-state index contributed by atoms with van der Waals surface area (Å²) in [6.07, 6.45) is 4.32. The van der Waals surface area contributed by atoms with E-state index in [1.807, 2.05) is 37.3 Å². The molecule has 0 aliphatic carbocycles. The third kappa shape index (κ3) is 4.17. The van der Waals surface area contributed by atoms with Crippen molar-refractivity contribution in [2.45, 2.75) is 25.9 Å². The molecule has 7 nitrogen and oxygen atoms in total. The second kappa shape index (κ2) is 9.46. The maximum atomic E-state index is 13.3. The number of fused-ring (bicyclic) bond motifs is 1. The summed E-state index contributed by atoms with van der Waals surface area (Å²) in [6, 6.07) is 19.2. The lowest BCUT2D eigenvalue weighted by molar-refractivity contribution is -0.140. The zero-order chi connectivity index (χ0) is 24.4. The number of pyridine rings is 1. The molecule has 0 spiro atoms. The molecule has 1 unspecified atom stereocenters. The van der Waals surface area contributed by atoms with Crippen molar-refractivity contribution in [1.29, 1.82) is 0 Å². The van der Waals surface area contributed by atoms with Gasteiger partial charge in [-0.15, -0.1) is 0 Å². The number of aromatic amines is 1. The number of nitrogens with one attached hydrogen (secondary N) is 1. The normalized spacial score (nSPS) is 17.3. The SMILES string of the molecule is CCCOc1ccc(/C(O)=C2\C(=O)C(=O)N(Cc3ccccn3)C2c2c[nH]c3ccccc23)cc1. The highest BCUT2D eigenvalue weighted by molar-refractivity contribution is 6.46. The van der Waals surface area contributed by atoms with Crippen molar-refractivity contribution in [1.82, 2.24) is 14.9 Å². The lowest BCUT2D eigenvalue weighted by Crippen LogP contribution is -2.29. The lowest BCUT2D eigenvalue weighted by atomic mass is 9.95. The van der Waals surface area contributed by atoms with Crippen LogP contribution in [0.1, 0.15) is 36.2 Å². The number of para-hydroxylation sites is 1. The number of amides is 1. The van der Waals surface area contributed by atoms with E-state index in [-0.39, 0.29) is 17.9 Å². The summed E-state index contributed by atoms with van der Waals surface area (Å²) in [7, 11) is 0. The predicted octanol–water partition coefficient (Wildman–Crippen LogP) is 4.97. The first-order chi connectivity index (χ1) is 17.1. The van der Waals surface area contributed by atoms with Crippen molar-refractivity contribution in [3.05, 3.63) is 102 Å².